The molecule has 0 N–H and O–H groups in total. The molecule has 0 aromatic rings. The summed E-state index contributed by atoms with van der Waals surface area (Å²) in [6.07, 6.45) is 3.23. The first-order valence-corrected chi connectivity index (χ1v) is 6.35. The van der Waals surface area contributed by atoms with Crippen LogP contribution in [0.1, 0.15) is 46.5 Å². The summed E-state index contributed by atoms with van der Waals surface area (Å²) in [5.74, 6) is -0.280. The van der Waals surface area contributed by atoms with Gasteiger partial charge in [-0.15, -0.1) is 0 Å². The van der Waals surface area contributed by atoms with Gasteiger partial charge in [0.05, 0.1) is 6.61 Å². The molecule has 0 amide bonds. The van der Waals surface area contributed by atoms with Gasteiger partial charge in [-0.1, -0.05) is 32.0 Å². The summed E-state index contributed by atoms with van der Waals surface area (Å²) in [7, 11) is 0. The molecule has 0 saturated carbocycles. The van der Waals surface area contributed by atoms with Gasteiger partial charge in [-0.2, -0.15) is 0 Å². The first-order chi connectivity index (χ1) is 7.11. The summed E-state index contributed by atoms with van der Waals surface area (Å²) < 4.78 is 5.01. The number of hydrogen-bond donors (Lipinski definition) is 0. The number of rotatable bonds is 7. The largest absolute Gasteiger partial charge is 0.465 e. The molecule has 0 radical (unpaired) electrons. The lowest BCUT2D eigenvalue weighted by molar-refractivity contribution is -0.142. The van der Waals surface area contributed by atoms with Crippen LogP contribution in [0.15, 0.2) is 0 Å². The van der Waals surface area contributed by atoms with Gasteiger partial charge in [-0.05, 0) is 19.8 Å². The SMILES string of the molecule is CCCCOC(=O)C(C)SC(=O)CCC. The van der Waals surface area contributed by atoms with Gasteiger partial charge < -0.3 is 4.74 Å². The van der Waals surface area contributed by atoms with Crippen LogP contribution < -0.4 is 0 Å². The maximum Gasteiger partial charge on any atom is 0.319 e. The maximum absolute atomic E-state index is 11.4. The van der Waals surface area contributed by atoms with E-state index in [1.807, 2.05) is 13.8 Å². The number of unbranched alkanes of at least 4 members (excludes halogenated alkanes) is 1. The molecule has 1 unspecified atom stereocenters. The van der Waals surface area contributed by atoms with Crippen LogP contribution in [0.3, 0.4) is 0 Å². The van der Waals surface area contributed by atoms with Crippen molar-refractivity contribution in [2.45, 2.75) is 51.7 Å². The smallest absolute Gasteiger partial charge is 0.319 e. The molecule has 0 heterocycles. The summed E-state index contributed by atoms with van der Waals surface area (Å²) in [5, 5.41) is -0.307. The number of hydrogen-bond acceptors (Lipinski definition) is 4. The highest BCUT2D eigenvalue weighted by Gasteiger charge is 2.18. The van der Waals surface area contributed by atoms with Crippen molar-refractivity contribution in [1.29, 1.82) is 0 Å². The summed E-state index contributed by atoms with van der Waals surface area (Å²) >= 11 is 1.08. The topological polar surface area (TPSA) is 43.4 Å². The second-order valence-electron chi connectivity index (χ2n) is 3.40. The minimum Gasteiger partial charge on any atom is -0.465 e. The molecule has 0 aliphatic carbocycles. The van der Waals surface area contributed by atoms with Crippen LogP contribution in [0.2, 0.25) is 0 Å². The Hall–Kier alpha value is -0.510. The zero-order chi connectivity index (χ0) is 11.7. The van der Waals surface area contributed by atoms with E-state index in [1.54, 1.807) is 6.92 Å². The molecule has 4 heteroatoms. The average molecular weight is 232 g/mol. The van der Waals surface area contributed by atoms with Gasteiger partial charge in [0.1, 0.15) is 5.25 Å². The number of carbonyl (C=O) groups is 2. The van der Waals surface area contributed by atoms with Crippen LogP contribution in [0.4, 0.5) is 0 Å². The number of ether oxygens (including phenoxy) is 1. The van der Waals surface area contributed by atoms with E-state index in [4.69, 9.17) is 4.74 Å². The molecule has 3 nitrogen and oxygen atoms in total. The number of esters is 1. The minimum absolute atomic E-state index is 0.0671. The lowest BCUT2D eigenvalue weighted by Gasteiger charge is -2.09. The van der Waals surface area contributed by atoms with Gasteiger partial charge in [0, 0.05) is 6.42 Å². The van der Waals surface area contributed by atoms with E-state index < -0.39 is 0 Å². The Morgan fingerprint density at radius 1 is 1.27 bits per heavy atom. The third-order valence-electron chi connectivity index (χ3n) is 1.84. The molecule has 0 aromatic carbocycles. The average Bonchev–Trinajstić information content (AvgIpc) is 2.18. The van der Waals surface area contributed by atoms with E-state index in [1.165, 1.54) is 0 Å². The Bertz CT molecular complexity index is 204. The van der Waals surface area contributed by atoms with Crippen LogP contribution in [0, 0.1) is 0 Å². The molecule has 88 valence electrons. The van der Waals surface area contributed by atoms with Crippen molar-refractivity contribution in [2.24, 2.45) is 0 Å². The van der Waals surface area contributed by atoms with Crippen molar-refractivity contribution in [2.75, 3.05) is 6.61 Å². The molecule has 15 heavy (non-hydrogen) atoms. The molecule has 1 atom stereocenters. The fourth-order valence-electron chi connectivity index (χ4n) is 0.943. The highest BCUT2D eigenvalue weighted by molar-refractivity contribution is 8.14. The number of thioether (sulfide) groups is 1. The van der Waals surface area contributed by atoms with Crippen LogP contribution in [0.25, 0.3) is 0 Å². The van der Waals surface area contributed by atoms with Crippen molar-refractivity contribution in [1.82, 2.24) is 0 Å². The summed E-state index contributed by atoms with van der Waals surface area (Å²) in [6, 6.07) is 0. The molecule has 0 bridgehead atoms. The Morgan fingerprint density at radius 2 is 1.93 bits per heavy atom. The Morgan fingerprint density at radius 3 is 2.47 bits per heavy atom. The van der Waals surface area contributed by atoms with E-state index in [-0.39, 0.29) is 16.3 Å². The third kappa shape index (κ3) is 7.42. The van der Waals surface area contributed by atoms with Crippen LogP contribution in [0.5, 0.6) is 0 Å². The predicted octanol–water partition coefficient (Wildman–Crippen LogP) is 2.78. The third-order valence-corrected chi connectivity index (χ3v) is 2.85. The van der Waals surface area contributed by atoms with Gasteiger partial charge in [-0.25, -0.2) is 0 Å². The molecule has 0 aliphatic rings. The second kappa shape index (κ2) is 8.77. The van der Waals surface area contributed by atoms with Crippen molar-refractivity contribution in [3.8, 4) is 0 Å². The standard InChI is InChI=1S/C11H20O3S/c1-4-6-8-14-11(13)9(3)15-10(12)7-5-2/h9H,4-8H2,1-3H3. The minimum atomic E-state index is -0.374. The molecular formula is C11H20O3S. The molecule has 0 aliphatic heterocycles. The first kappa shape index (κ1) is 14.5. The summed E-state index contributed by atoms with van der Waals surface area (Å²) in [4.78, 5) is 22.6. The van der Waals surface area contributed by atoms with Gasteiger partial charge in [-0.3, -0.25) is 9.59 Å². The van der Waals surface area contributed by atoms with E-state index in [9.17, 15) is 9.59 Å². The normalized spacial score (nSPS) is 12.2. The molecule has 0 aromatic heterocycles. The van der Waals surface area contributed by atoms with Crippen LogP contribution in [-0.2, 0) is 14.3 Å². The van der Waals surface area contributed by atoms with Gasteiger partial charge in [0.15, 0.2) is 5.12 Å². The van der Waals surface area contributed by atoms with Gasteiger partial charge >= 0.3 is 5.97 Å². The number of carbonyl (C=O) groups excluding carboxylic acids is 2. The Balaban J connectivity index is 3.73. The van der Waals surface area contributed by atoms with E-state index in [2.05, 4.69) is 0 Å². The highest BCUT2D eigenvalue weighted by atomic mass is 32.2. The lowest BCUT2D eigenvalue weighted by atomic mass is 10.4. The summed E-state index contributed by atoms with van der Waals surface area (Å²) in [6.45, 7) is 6.16. The fourth-order valence-corrected chi connectivity index (χ4v) is 1.82. The maximum atomic E-state index is 11.4. The monoisotopic (exact) mass is 232 g/mol. The van der Waals surface area contributed by atoms with Crippen molar-refractivity contribution >= 4 is 22.8 Å². The zero-order valence-corrected chi connectivity index (χ0v) is 10.6. The van der Waals surface area contributed by atoms with Gasteiger partial charge in [0.25, 0.3) is 0 Å². The Labute approximate surface area is 95.9 Å². The summed E-state index contributed by atoms with van der Waals surface area (Å²) in [5.41, 5.74) is 0. The molecule has 0 rings (SSSR count). The highest BCUT2D eigenvalue weighted by Crippen LogP contribution is 2.16. The second-order valence-corrected chi connectivity index (χ2v) is 4.80. The van der Waals surface area contributed by atoms with Gasteiger partial charge in [0.2, 0.25) is 0 Å². The van der Waals surface area contributed by atoms with Crippen molar-refractivity contribution in [3.05, 3.63) is 0 Å². The fraction of sp³-hybridized carbons (Fsp3) is 0.818. The molecular weight excluding hydrogens is 212 g/mol. The van der Waals surface area contributed by atoms with Crippen LogP contribution in [-0.4, -0.2) is 22.9 Å². The first-order valence-electron chi connectivity index (χ1n) is 5.47. The Kier molecular flexibility index (Phi) is 8.47. The zero-order valence-electron chi connectivity index (χ0n) is 9.75. The van der Waals surface area contributed by atoms with Crippen molar-refractivity contribution < 1.29 is 14.3 Å². The van der Waals surface area contributed by atoms with Crippen molar-refractivity contribution in [3.63, 3.8) is 0 Å². The predicted molar refractivity (Wildman–Crippen MR) is 62.8 cm³/mol. The molecule has 0 fully saturated rings. The van der Waals surface area contributed by atoms with Crippen LogP contribution >= 0.6 is 11.8 Å². The quantitative estimate of drug-likeness (QED) is 0.500. The van der Waals surface area contributed by atoms with E-state index in [0.29, 0.717) is 13.0 Å². The lowest BCUT2D eigenvalue weighted by Crippen LogP contribution is -2.19. The molecule has 0 saturated heterocycles. The molecule has 0 spiro atoms. The van der Waals surface area contributed by atoms with E-state index >= 15 is 0 Å². The van der Waals surface area contributed by atoms with E-state index in [0.717, 1.165) is 31.0 Å².